The average Bonchev–Trinajstić information content (AvgIpc) is 2.59. The van der Waals surface area contributed by atoms with Crippen LogP contribution in [0.3, 0.4) is 0 Å². The van der Waals surface area contributed by atoms with Gasteiger partial charge in [-0.15, -0.1) is 0 Å². The van der Waals surface area contributed by atoms with E-state index in [4.69, 9.17) is 0 Å². The number of nitrogens with zero attached hydrogens (tertiary/aromatic N) is 2. The van der Waals surface area contributed by atoms with E-state index in [9.17, 15) is 9.90 Å². The summed E-state index contributed by atoms with van der Waals surface area (Å²) in [5.74, 6) is 0. The van der Waals surface area contributed by atoms with Gasteiger partial charge in [-0.25, -0.2) is 4.79 Å². The van der Waals surface area contributed by atoms with E-state index in [0.717, 1.165) is 16.7 Å². The maximum absolute atomic E-state index is 11.7. The molecule has 2 rings (SSSR count). The second kappa shape index (κ2) is 4.82. The van der Waals surface area contributed by atoms with Gasteiger partial charge in [0.1, 0.15) is 0 Å². The Bertz CT molecular complexity index is 590. The van der Waals surface area contributed by atoms with Gasteiger partial charge in [0, 0.05) is 19.4 Å². The Kier molecular flexibility index (Phi) is 3.39. The van der Waals surface area contributed by atoms with Crippen molar-refractivity contribution in [2.24, 2.45) is 7.05 Å². The highest BCUT2D eigenvalue weighted by Gasteiger charge is 2.11. The molecule has 0 saturated carbocycles. The third kappa shape index (κ3) is 2.54. The van der Waals surface area contributed by atoms with Crippen LogP contribution in [0.15, 0.2) is 35.4 Å². The van der Waals surface area contributed by atoms with Crippen molar-refractivity contribution in [3.63, 3.8) is 0 Å². The lowest BCUT2D eigenvalue weighted by atomic mass is 10.0. The molecule has 1 aromatic carbocycles. The molecular weight excluding hydrogens is 228 g/mol. The molecule has 96 valence electrons. The highest BCUT2D eigenvalue weighted by atomic mass is 16.3. The van der Waals surface area contributed by atoms with Gasteiger partial charge >= 0.3 is 5.69 Å². The number of hydrogen-bond donors (Lipinski definition) is 1. The fourth-order valence-electron chi connectivity index (χ4n) is 2.14. The maximum Gasteiger partial charge on any atom is 0.327 e. The fourth-order valence-corrected chi connectivity index (χ4v) is 2.14. The molecule has 0 saturated heterocycles. The molecule has 1 atom stereocenters. The number of hydrogen-bond acceptors (Lipinski definition) is 2. The summed E-state index contributed by atoms with van der Waals surface area (Å²) in [6, 6.07) is 5.96. The van der Waals surface area contributed by atoms with Crippen molar-refractivity contribution in [2.75, 3.05) is 0 Å². The van der Waals surface area contributed by atoms with Crippen LogP contribution in [0.2, 0.25) is 0 Å². The molecule has 2 aromatic rings. The first kappa shape index (κ1) is 12.6. The van der Waals surface area contributed by atoms with Gasteiger partial charge in [0.15, 0.2) is 0 Å². The minimum absolute atomic E-state index is 0.113. The van der Waals surface area contributed by atoms with Crippen LogP contribution in [0.1, 0.15) is 22.8 Å². The summed E-state index contributed by atoms with van der Waals surface area (Å²) in [6.45, 7) is 4.28. The van der Waals surface area contributed by atoms with Gasteiger partial charge < -0.3 is 9.67 Å². The first-order valence-corrected chi connectivity index (χ1v) is 5.95. The molecule has 0 bridgehead atoms. The van der Waals surface area contributed by atoms with E-state index in [1.165, 1.54) is 9.13 Å². The Morgan fingerprint density at radius 3 is 2.28 bits per heavy atom. The summed E-state index contributed by atoms with van der Waals surface area (Å²) in [7, 11) is 1.70. The molecule has 18 heavy (non-hydrogen) atoms. The molecule has 0 aliphatic carbocycles. The fraction of sp³-hybridized carbons (Fsp3) is 0.357. The van der Waals surface area contributed by atoms with Crippen LogP contribution < -0.4 is 5.69 Å². The molecule has 1 N–H and O–H groups in total. The number of aromatic nitrogens is 2. The Morgan fingerprint density at radius 2 is 1.78 bits per heavy atom. The van der Waals surface area contributed by atoms with Crippen LogP contribution in [-0.4, -0.2) is 14.2 Å². The SMILES string of the molecule is Cc1cc(C)cc(C(O)Cn2ccn(C)c2=O)c1. The average molecular weight is 246 g/mol. The number of benzene rings is 1. The van der Waals surface area contributed by atoms with E-state index in [0.29, 0.717) is 0 Å². The van der Waals surface area contributed by atoms with E-state index < -0.39 is 6.10 Å². The minimum Gasteiger partial charge on any atom is -0.387 e. The van der Waals surface area contributed by atoms with Gasteiger partial charge in [-0.3, -0.25) is 4.57 Å². The van der Waals surface area contributed by atoms with E-state index in [-0.39, 0.29) is 12.2 Å². The molecule has 0 radical (unpaired) electrons. The topological polar surface area (TPSA) is 47.2 Å². The van der Waals surface area contributed by atoms with E-state index in [1.54, 1.807) is 19.4 Å². The monoisotopic (exact) mass is 246 g/mol. The summed E-state index contributed by atoms with van der Waals surface area (Å²) in [6.07, 6.45) is 2.72. The summed E-state index contributed by atoms with van der Waals surface area (Å²) in [4.78, 5) is 11.7. The smallest absolute Gasteiger partial charge is 0.327 e. The number of rotatable bonds is 3. The summed E-state index contributed by atoms with van der Waals surface area (Å²) < 4.78 is 3.01. The lowest BCUT2D eigenvalue weighted by Crippen LogP contribution is -2.24. The highest BCUT2D eigenvalue weighted by Crippen LogP contribution is 2.18. The Balaban J connectivity index is 2.24. The van der Waals surface area contributed by atoms with Crippen LogP contribution in [0.5, 0.6) is 0 Å². The quantitative estimate of drug-likeness (QED) is 0.893. The molecule has 4 heteroatoms. The van der Waals surface area contributed by atoms with E-state index >= 15 is 0 Å². The Hall–Kier alpha value is -1.81. The molecule has 0 amide bonds. The molecule has 1 aromatic heterocycles. The van der Waals surface area contributed by atoms with Crippen LogP contribution in [0, 0.1) is 13.8 Å². The molecular formula is C14H18N2O2. The molecule has 0 aliphatic rings. The van der Waals surface area contributed by atoms with E-state index in [2.05, 4.69) is 6.07 Å². The predicted molar refractivity (Wildman–Crippen MR) is 70.5 cm³/mol. The van der Waals surface area contributed by atoms with Crippen molar-refractivity contribution in [2.45, 2.75) is 26.5 Å². The second-order valence-electron chi connectivity index (χ2n) is 4.78. The minimum atomic E-state index is -0.663. The number of aliphatic hydroxyl groups is 1. The van der Waals surface area contributed by atoms with Crippen molar-refractivity contribution < 1.29 is 5.11 Å². The van der Waals surface area contributed by atoms with Crippen LogP contribution in [0.25, 0.3) is 0 Å². The summed E-state index contributed by atoms with van der Waals surface area (Å²) >= 11 is 0. The number of aryl methyl sites for hydroxylation is 3. The lowest BCUT2D eigenvalue weighted by molar-refractivity contribution is 0.155. The van der Waals surface area contributed by atoms with Gasteiger partial charge in [-0.1, -0.05) is 29.3 Å². The molecule has 0 aliphatic heterocycles. The first-order valence-electron chi connectivity index (χ1n) is 5.95. The molecule has 4 nitrogen and oxygen atoms in total. The third-order valence-electron chi connectivity index (χ3n) is 3.02. The van der Waals surface area contributed by atoms with Crippen molar-refractivity contribution >= 4 is 0 Å². The zero-order valence-corrected chi connectivity index (χ0v) is 10.9. The molecule has 0 fully saturated rings. The van der Waals surface area contributed by atoms with Crippen molar-refractivity contribution in [1.29, 1.82) is 0 Å². The van der Waals surface area contributed by atoms with Gasteiger partial charge in [0.25, 0.3) is 0 Å². The van der Waals surface area contributed by atoms with Gasteiger partial charge in [0.05, 0.1) is 12.6 Å². The molecule has 1 heterocycles. The van der Waals surface area contributed by atoms with Crippen molar-refractivity contribution in [3.05, 3.63) is 57.8 Å². The highest BCUT2D eigenvalue weighted by molar-refractivity contribution is 5.29. The number of imidazole rings is 1. The third-order valence-corrected chi connectivity index (χ3v) is 3.02. The lowest BCUT2D eigenvalue weighted by Gasteiger charge is -2.13. The Labute approximate surface area is 106 Å². The van der Waals surface area contributed by atoms with Crippen LogP contribution in [0.4, 0.5) is 0 Å². The Morgan fingerprint density at radius 1 is 1.17 bits per heavy atom. The molecule has 0 spiro atoms. The van der Waals surface area contributed by atoms with Crippen molar-refractivity contribution in [1.82, 2.24) is 9.13 Å². The van der Waals surface area contributed by atoms with Gasteiger partial charge in [-0.2, -0.15) is 0 Å². The normalized spacial score (nSPS) is 12.7. The summed E-state index contributed by atoms with van der Waals surface area (Å²) in [5.41, 5.74) is 2.97. The second-order valence-corrected chi connectivity index (χ2v) is 4.78. The molecule has 1 unspecified atom stereocenters. The zero-order valence-electron chi connectivity index (χ0n) is 10.9. The zero-order chi connectivity index (χ0) is 13.3. The van der Waals surface area contributed by atoms with Crippen molar-refractivity contribution in [3.8, 4) is 0 Å². The first-order chi connectivity index (χ1) is 8.47. The van der Waals surface area contributed by atoms with Gasteiger partial charge in [0.2, 0.25) is 0 Å². The standard InChI is InChI=1S/C14H18N2O2/c1-10-6-11(2)8-12(7-10)13(17)9-16-5-4-15(3)14(16)18/h4-8,13,17H,9H2,1-3H3. The number of aliphatic hydroxyl groups excluding tert-OH is 1. The van der Waals surface area contributed by atoms with E-state index in [1.807, 2.05) is 26.0 Å². The predicted octanol–water partition coefficient (Wildman–Crippen LogP) is 1.54. The van der Waals surface area contributed by atoms with Crippen LogP contribution >= 0.6 is 0 Å². The van der Waals surface area contributed by atoms with Gasteiger partial charge in [-0.05, 0) is 19.4 Å². The largest absolute Gasteiger partial charge is 0.387 e. The maximum atomic E-state index is 11.7. The van der Waals surface area contributed by atoms with Crippen LogP contribution in [-0.2, 0) is 13.6 Å². The summed E-state index contributed by atoms with van der Waals surface area (Å²) in [5, 5.41) is 10.2.